The fourth-order valence-corrected chi connectivity index (χ4v) is 6.62. The Morgan fingerprint density at radius 3 is 1.40 bits per heavy atom. The van der Waals surface area contributed by atoms with Gasteiger partial charge in [0.1, 0.15) is 0 Å². The summed E-state index contributed by atoms with van der Waals surface area (Å²) in [6.45, 7) is 0. The Labute approximate surface area is 290 Å². The van der Waals surface area contributed by atoms with E-state index in [2.05, 4.69) is 140 Å². The maximum Gasteiger partial charge on any atom is 0.160 e. The highest BCUT2D eigenvalue weighted by Gasteiger charge is 2.17. The summed E-state index contributed by atoms with van der Waals surface area (Å²) in [5, 5.41) is 2.10. The Morgan fingerprint density at radius 1 is 0.280 bits per heavy atom. The lowest BCUT2D eigenvalue weighted by Gasteiger charge is -2.14. The van der Waals surface area contributed by atoms with E-state index in [0.717, 1.165) is 83.5 Å². The summed E-state index contributed by atoms with van der Waals surface area (Å²) < 4.78 is 0. The van der Waals surface area contributed by atoms with Gasteiger partial charge in [-0.05, 0) is 29.3 Å². The molecule has 0 saturated heterocycles. The van der Waals surface area contributed by atoms with Crippen molar-refractivity contribution in [3.05, 3.63) is 182 Å². The molecule has 0 saturated carbocycles. The van der Waals surface area contributed by atoms with Gasteiger partial charge in [0.05, 0.1) is 33.8 Å². The van der Waals surface area contributed by atoms with Crippen molar-refractivity contribution in [2.24, 2.45) is 0 Å². The van der Waals surface area contributed by atoms with Crippen molar-refractivity contribution >= 4 is 21.8 Å². The number of hydrogen-bond donors (Lipinski definition) is 0. The van der Waals surface area contributed by atoms with E-state index in [1.54, 1.807) is 0 Å². The predicted octanol–water partition coefficient (Wildman–Crippen LogP) is 11.6. The zero-order valence-corrected chi connectivity index (χ0v) is 27.1. The quantitative estimate of drug-likeness (QED) is 0.170. The second kappa shape index (κ2) is 12.7. The van der Waals surface area contributed by atoms with Crippen LogP contribution in [-0.4, -0.2) is 19.9 Å². The largest absolute Gasteiger partial charge is 0.245 e. The fourth-order valence-electron chi connectivity index (χ4n) is 6.62. The third-order valence-electron chi connectivity index (χ3n) is 9.10. The van der Waals surface area contributed by atoms with Gasteiger partial charge in [0.25, 0.3) is 0 Å². The molecule has 0 aliphatic heterocycles. The van der Waals surface area contributed by atoms with E-state index in [1.165, 1.54) is 0 Å². The first-order chi connectivity index (χ1) is 24.8. The average Bonchev–Trinajstić information content (AvgIpc) is 3.21. The molecule has 4 nitrogen and oxygen atoms in total. The Balaban J connectivity index is 1.26. The molecule has 0 aliphatic carbocycles. The smallest absolute Gasteiger partial charge is 0.160 e. The fraction of sp³-hybridized carbons (Fsp3) is 0. The van der Waals surface area contributed by atoms with E-state index in [4.69, 9.17) is 19.9 Å². The topological polar surface area (TPSA) is 51.6 Å². The molecule has 9 rings (SSSR count). The molecule has 0 amide bonds. The monoisotopic (exact) mass is 638 g/mol. The second-order valence-electron chi connectivity index (χ2n) is 12.3. The first-order valence-corrected chi connectivity index (χ1v) is 16.7. The van der Waals surface area contributed by atoms with Crippen LogP contribution in [-0.2, 0) is 0 Å². The second-order valence-corrected chi connectivity index (χ2v) is 12.3. The molecular formula is C46H30N4. The molecule has 0 spiro atoms. The minimum atomic E-state index is 0.681. The van der Waals surface area contributed by atoms with Crippen LogP contribution in [0, 0.1) is 0 Å². The molecule has 0 fully saturated rings. The van der Waals surface area contributed by atoms with Crippen LogP contribution >= 0.6 is 0 Å². The first kappa shape index (κ1) is 29.4. The number of benzene rings is 6. The van der Waals surface area contributed by atoms with Gasteiger partial charge in [0, 0.05) is 38.6 Å². The Bertz CT molecular complexity index is 2560. The molecule has 0 bridgehead atoms. The van der Waals surface area contributed by atoms with Crippen molar-refractivity contribution in [1.29, 1.82) is 0 Å². The average molecular weight is 639 g/mol. The highest BCUT2D eigenvalue weighted by Crippen LogP contribution is 2.38. The highest BCUT2D eigenvalue weighted by atomic mass is 14.9. The molecular weight excluding hydrogens is 609 g/mol. The minimum Gasteiger partial charge on any atom is -0.245 e. The summed E-state index contributed by atoms with van der Waals surface area (Å²) in [7, 11) is 0. The molecule has 4 heteroatoms. The molecule has 6 aromatic carbocycles. The van der Waals surface area contributed by atoms with Crippen LogP contribution in [0.1, 0.15) is 0 Å². The molecule has 0 atom stereocenters. The predicted molar refractivity (Wildman–Crippen MR) is 205 cm³/mol. The number of fused-ring (bicyclic) bond motifs is 3. The Hall–Kier alpha value is -6.78. The lowest BCUT2D eigenvalue weighted by molar-refractivity contribution is 1.18. The van der Waals surface area contributed by atoms with Crippen LogP contribution < -0.4 is 0 Å². The zero-order chi connectivity index (χ0) is 33.3. The van der Waals surface area contributed by atoms with Gasteiger partial charge < -0.3 is 0 Å². The summed E-state index contributed by atoms with van der Waals surface area (Å²) in [6.07, 6.45) is 0. The van der Waals surface area contributed by atoms with Crippen LogP contribution in [0.15, 0.2) is 182 Å². The van der Waals surface area contributed by atoms with Gasteiger partial charge in [-0.15, -0.1) is 0 Å². The van der Waals surface area contributed by atoms with Gasteiger partial charge in [0.2, 0.25) is 0 Å². The molecule has 0 radical (unpaired) electrons. The van der Waals surface area contributed by atoms with E-state index in [-0.39, 0.29) is 0 Å². The third-order valence-corrected chi connectivity index (χ3v) is 9.10. The minimum absolute atomic E-state index is 0.681. The summed E-state index contributed by atoms with van der Waals surface area (Å²) in [5.41, 5.74) is 12.5. The molecule has 3 aromatic heterocycles. The molecule has 9 aromatic rings. The molecule has 0 unspecified atom stereocenters. The van der Waals surface area contributed by atoms with Gasteiger partial charge >= 0.3 is 0 Å². The normalized spacial score (nSPS) is 11.2. The van der Waals surface area contributed by atoms with Crippen molar-refractivity contribution in [2.75, 3.05) is 0 Å². The van der Waals surface area contributed by atoms with Crippen molar-refractivity contribution in [1.82, 2.24) is 19.9 Å². The summed E-state index contributed by atoms with van der Waals surface area (Å²) in [5.74, 6) is 0.681. The van der Waals surface area contributed by atoms with Gasteiger partial charge in [-0.3, -0.25) is 0 Å². The summed E-state index contributed by atoms with van der Waals surface area (Å²) >= 11 is 0. The van der Waals surface area contributed by atoms with E-state index in [9.17, 15) is 0 Å². The molecule has 3 heterocycles. The van der Waals surface area contributed by atoms with Crippen molar-refractivity contribution in [3.8, 4) is 67.5 Å². The van der Waals surface area contributed by atoms with Crippen LogP contribution in [0.2, 0.25) is 0 Å². The first-order valence-electron chi connectivity index (χ1n) is 16.7. The molecule has 50 heavy (non-hydrogen) atoms. The van der Waals surface area contributed by atoms with Gasteiger partial charge in [-0.25, -0.2) is 19.9 Å². The van der Waals surface area contributed by atoms with Gasteiger partial charge in [-0.1, -0.05) is 164 Å². The lowest BCUT2D eigenvalue weighted by Crippen LogP contribution is -1.98. The zero-order valence-electron chi connectivity index (χ0n) is 27.1. The maximum atomic E-state index is 5.38. The summed E-state index contributed by atoms with van der Waals surface area (Å²) in [6, 6.07) is 62.5. The highest BCUT2D eigenvalue weighted by molar-refractivity contribution is 6.09. The molecule has 0 aliphatic rings. The summed E-state index contributed by atoms with van der Waals surface area (Å²) in [4.78, 5) is 20.8. The van der Waals surface area contributed by atoms with Crippen LogP contribution in [0.3, 0.4) is 0 Å². The van der Waals surface area contributed by atoms with Crippen molar-refractivity contribution < 1.29 is 0 Å². The van der Waals surface area contributed by atoms with Crippen LogP contribution in [0.4, 0.5) is 0 Å². The number of nitrogens with zero attached hydrogens (tertiary/aromatic N) is 4. The van der Waals surface area contributed by atoms with E-state index < -0.39 is 0 Å². The van der Waals surface area contributed by atoms with E-state index >= 15 is 0 Å². The molecule has 234 valence electrons. The lowest BCUT2D eigenvalue weighted by atomic mass is 9.96. The number of aromatic nitrogens is 4. The van der Waals surface area contributed by atoms with E-state index in [0.29, 0.717) is 5.82 Å². The van der Waals surface area contributed by atoms with Crippen molar-refractivity contribution in [3.63, 3.8) is 0 Å². The standard InChI is InChI=1S/C46H30N4/c1-5-15-31(16-6-1)39-29-41(32-17-7-2-8-18-32)48-45-38(39)27-25-34-26-28-40(47-44(34)45)36-23-13-14-24-37(36)43-30-42(33-19-9-3-10-20-33)49-46(50-43)35-21-11-4-12-22-35/h1-30H. The molecule has 0 N–H and O–H groups in total. The Morgan fingerprint density at radius 2 is 0.760 bits per heavy atom. The third kappa shape index (κ3) is 5.49. The number of rotatable bonds is 6. The van der Waals surface area contributed by atoms with Gasteiger partial charge in [0.15, 0.2) is 5.82 Å². The number of hydrogen-bond acceptors (Lipinski definition) is 4. The van der Waals surface area contributed by atoms with Crippen LogP contribution in [0.5, 0.6) is 0 Å². The Kier molecular flexibility index (Phi) is 7.45. The van der Waals surface area contributed by atoms with E-state index in [1.807, 2.05) is 42.5 Å². The SMILES string of the molecule is c1ccc(-c2cc(-c3ccccc3-c3ccc4ccc5c(-c6ccccc6)cc(-c6ccccc6)nc5c4n3)nc(-c3ccccc3)n2)cc1. The number of pyridine rings is 2. The van der Waals surface area contributed by atoms with Gasteiger partial charge in [-0.2, -0.15) is 0 Å². The van der Waals surface area contributed by atoms with Crippen LogP contribution in [0.25, 0.3) is 89.4 Å². The maximum absolute atomic E-state index is 5.38. The van der Waals surface area contributed by atoms with Crippen molar-refractivity contribution in [2.45, 2.75) is 0 Å².